The molecule has 1 aliphatic rings. The molecule has 1 aromatic carbocycles. The quantitative estimate of drug-likeness (QED) is 0.833. The Morgan fingerprint density at radius 1 is 1.08 bits per heavy atom. The summed E-state index contributed by atoms with van der Waals surface area (Å²) in [6.07, 6.45) is -2.85. The Morgan fingerprint density at radius 3 is 2.35 bits per heavy atom. The fourth-order valence-electron chi connectivity index (χ4n) is 3.25. The van der Waals surface area contributed by atoms with Gasteiger partial charge in [0, 0.05) is 19.2 Å². The first kappa shape index (κ1) is 18.6. The summed E-state index contributed by atoms with van der Waals surface area (Å²) in [5.41, 5.74) is 0.977. The number of piperidine rings is 1. The summed E-state index contributed by atoms with van der Waals surface area (Å²) in [6, 6.07) is 10.1. The molecule has 140 valence electrons. The molecule has 0 spiro atoms. The molecule has 3 rings (SSSR count). The standard InChI is InChI=1S/C19H22F3N3O/c1-14-2-4-15(5-3-14)12-24-10-8-16(9-11-24)13-25-18(26)7-6-17(23-25)19(20,21)22/h2-7,16H,8-13H2,1H3. The van der Waals surface area contributed by atoms with E-state index in [2.05, 4.69) is 41.2 Å². The predicted molar refractivity (Wildman–Crippen MR) is 92.7 cm³/mol. The SMILES string of the molecule is Cc1ccc(CN2CCC(Cn3nc(C(F)(F)F)ccc3=O)CC2)cc1. The van der Waals surface area contributed by atoms with Crippen molar-refractivity contribution in [2.24, 2.45) is 5.92 Å². The van der Waals surface area contributed by atoms with Crippen LogP contribution in [0.15, 0.2) is 41.2 Å². The number of aryl methyl sites for hydroxylation is 1. The molecule has 4 nitrogen and oxygen atoms in total. The first-order chi connectivity index (χ1) is 12.3. The molecule has 1 fully saturated rings. The van der Waals surface area contributed by atoms with E-state index in [0.717, 1.165) is 49.3 Å². The maximum atomic E-state index is 12.8. The highest BCUT2D eigenvalue weighted by atomic mass is 19.4. The van der Waals surface area contributed by atoms with Crippen LogP contribution < -0.4 is 5.56 Å². The smallest absolute Gasteiger partial charge is 0.299 e. The second-order valence-corrected chi connectivity index (χ2v) is 6.94. The van der Waals surface area contributed by atoms with E-state index in [1.165, 1.54) is 11.1 Å². The molecule has 26 heavy (non-hydrogen) atoms. The topological polar surface area (TPSA) is 38.1 Å². The van der Waals surface area contributed by atoms with Gasteiger partial charge in [0.25, 0.3) is 5.56 Å². The van der Waals surface area contributed by atoms with Crippen molar-refractivity contribution in [2.45, 2.75) is 39.0 Å². The lowest BCUT2D eigenvalue weighted by molar-refractivity contribution is -0.142. The molecule has 7 heteroatoms. The summed E-state index contributed by atoms with van der Waals surface area (Å²) in [6.45, 7) is 4.90. The number of alkyl halides is 3. The Balaban J connectivity index is 1.57. The summed E-state index contributed by atoms with van der Waals surface area (Å²) in [4.78, 5) is 14.2. The van der Waals surface area contributed by atoms with Gasteiger partial charge in [-0.3, -0.25) is 9.69 Å². The number of aromatic nitrogens is 2. The molecular weight excluding hydrogens is 343 g/mol. The van der Waals surface area contributed by atoms with E-state index in [0.29, 0.717) is 0 Å². The minimum absolute atomic E-state index is 0.165. The van der Waals surface area contributed by atoms with Gasteiger partial charge in [0.05, 0.1) is 0 Å². The second kappa shape index (κ2) is 7.61. The summed E-state index contributed by atoms with van der Waals surface area (Å²) in [5, 5.41) is 3.50. The lowest BCUT2D eigenvalue weighted by Crippen LogP contribution is -2.36. The molecule has 0 N–H and O–H groups in total. The summed E-state index contributed by atoms with van der Waals surface area (Å²) < 4.78 is 39.3. The van der Waals surface area contributed by atoms with E-state index in [1.54, 1.807) is 0 Å². The van der Waals surface area contributed by atoms with Crippen molar-refractivity contribution in [3.63, 3.8) is 0 Å². The van der Waals surface area contributed by atoms with Gasteiger partial charge in [-0.15, -0.1) is 0 Å². The largest absolute Gasteiger partial charge is 0.435 e. The Morgan fingerprint density at radius 2 is 1.73 bits per heavy atom. The number of hydrogen-bond donors (Lipinski definition) is 0. The number of hydrogen-bond acceptors (Lipinski definition) is 3. The summed E-state index contributed by atoms with van der Waals surface area (Å²) in [5.74, 6) is 0.165. The molecule has 2 aromatic rings. The van der Waals surface area contributed by atoms with Gasteiger partial charge in [-0.1, -0.05) is 29.8 Å². The van der Waals surface area contributed by atoms with Crippen molar-refractivity contribution in [3.05, 3.63) is 63.6 Å². The maximum Gasteiger partial charge on any atom is 0.435 e. The number of rotatable bonds is 4. The van der Waals surface area contributed by atoms with Gasteiger partial charge in [0.1, 0.15) is 0 Å². The molecule has 0 unspecified atom stereocenters. The fraction of sp³-hybridized carbons (Fsp3) is 0.474. The zero-order valence-corrected chi connectivity index (χ0v) is 14.7. The highest BCUT2D eigenvalue weighted by Gasteiger charge is 2.33. The van der Waals surface area contributed by atoms with Crippen LogP contribution in [0.3, 0.4) is 0 Å². The third kappa shape index (κ3) is 4.72. The molecule has 1 saturated heterocycles. The Labute approximate surface area is 150 Å². The van der Waals surface area contributed by atoms with E-state index >= 15 is 0 Å². The Kier molecular flexibility index (Phi) is 5.46. The monoisotopic (exact) mass is 365 g/mol. The van der Waals surface area contributed by atoms with E-state index < -0.39 is 17.4 Å². The van der Waals surface area contributed by atoms with E-state index in [9.17, 15) is 18.0 Å². The van der Waals surface area contributed by atoms with Crippen molar-refractivity contribution >= 4 is 0 Å². The average Bonchev–Trinajstić information content (AvgIpc) is 2.59. The zero-order chi connectivity index (χ0) is 18.7. The minimum Gasteiger partial charge on any atom is -0.299 e. The predicted octanol–water partition coefficient (Wildman–Crippen LogP) is 3.48. The minimum atomic E-state index is -4.53. The Hall–Kier alpha value is -2.15. The molecule has 0 aliphatic carbocycles. The molecule has 0 atom stereocenters. The van der Waals surface area contributed by atoms with Crippen LogP contribution in [-0.4, -0.2) is 27.8 Å². The zero-order valence-electron chi connectivity index (χ0n) is 14.7. The van der Waals surface area contributed by atoms with Gasteiger partial charge in [-0.05, 0) is 50.4 Å². The summed E-state index contributed by atoms with van der Waals surface area (Å²) in [7, 11) is 0. The molecule has 0 bridgehead atoms. The third-order valence-electron chi connectivity index (χ3n) is 4.82. The molecule has 2 heterocycles. The van der Waals surface area contributed by atoms with Crippen molar-refractivity contribution in [1.29, 1.82) is 0 Å². The van der Waals surface area contributed by atoms with E-state index in [1.807, 2.05) is 0 Å². The van der Waals surface area contributed by atoms with Gasteiger partial charge in [-0.25, -0.2) is 4.68 Å². The van der Waals surface area contributed by atoms with Crippen molar-refractivity contribution in [3.8, 4) is 0 Å². The van der Waals surface area contributed by atoms with Gasteiger partial charge >= 0.3 is 6.18 Å². The highest BCUT2D eigenvalue weighted by Crippen LogP contribution is 2.26. The number of nitrogens with zero attached hydrogens (tertiary/aromatic N) is 3. The molecule has 0 saturated carbocycles. The van der Waals surface area contributed by atoms with Crippen LogP contribution in [-0.2, 0) is 19.3 Å². The molecule has 1 aromatic heterocycles. The fourth-order valence-corrected chi connectivity index (χ4v) is 3.25. The van der Waals surface area contributed by atoms with Crippen LogP contribution in [0.25, 0.3) is 0 Å². The van der Waals surface area contributed by atoms with E-state index in [4.69, 9.17) is 0 Å². The van der Waals surface area contributed by atoms with Crippen molar-refractivity contribution < 1.29 is 13.2 Å². The maximum absolute atomic E-state index is 12.8. The first-order valence-electron chi connectivity index (χ1n) is 8.74. The second-order valence-electron chi connectivity index (χ2n) is 6.94. The summed E-state index contributed by atoms with van der Waals surface area (Å²) >= 11 is 0. The van der Waals surface area contributed by atoms with Gasteiger partial charge < -0.3 is 0 Å². The number of benzene rings is 1. The molecular formula is C19H22F3N3O. The Bertz CT molecular complexity index is 791. The lowest BCUT2D eigenvalue weighted by atomic mass is 9.96. The third-order valence-corrected chi connectivity index (χ3v) is 4.82. The van der Waals surface area contributed by atoms with E-state index in [-0.39, 0.29) is 12.5 Å². The van der Waals surface area contributed by atoms with Crippen molar-refractivity contribution in [1.82, 2.24) is 14.7 Å². The van der Waals surface area contributed by atoms with Crippen LogP contribution >= 0.6 is 0 Å². The molecule has 0 radical (unpaired) electrons. The molecule has 1 aliphatic heterocycles. The average molecular weight is 365 g/mol. The molecule has 0 amide bonds. The first-order valence-corrected chi connectivity index (χ1v) is 8.74. The number of halogens is 3. The van der Waals surface area contributed by atoms with Gasteiger partial charge in [-0.2, -0.15) is 18.3 Å². The van der Waals surface area contributed by atoms with Crippen LogP contribution in [0.5, 0.6) is 0 Å². The van der Waals surface area contributed by atoms with Crippen LogP contribution in [0.2, 0.25) is 0 Å². The van der Waals surface area contributed by atoms with Crippen LogP contribution in [0, 0.1) is 12.8 Å². The number of likely N-dealkylation sites (tertiary alicyclic amines) is 1. The van der Waals surface area contributed by atoms with Gasteiger partial charge in [0.15, 0.2) is 5.69 Å². The lowest BCUT2D eigenvalue weighted by Gasteiger charge is -2.32. The van der Waals surface area contributed by atoms with Crippen LogP contribution in [0.1, 0.15) is 29.7 Å². The van der Waals surface area contributed by atoms with Crippen LogP contribution in [0.4, 0.5) is 13.2 Å². The van der Waals surface area contributed by atoms with Crippen molar-refractivity contribution in [2.75, 3.05) is 13.1 Å². The highest BCUT2D eigenvalue weighted by molar-refractivity contribution is 5.21. The van der Waals surface area contributed by atoms with Gasteiger partial charge in [0.2, 0.25) is 0 Å². The normalized spacial score (nSPS) is 16.8.